The molecule has 0 unspecified atom stereocenters. The van der Waals surface area contributed by atoms with Gasteiger partial charge in [-0.1, -0.05) is 0 Å². The summed E-state index contributed by atoms with van der Waals surface area (Å²) in [6.07, 6.45) is 5.00. The van der Waals surface area contributed by atoms with Crippen molar-refractivity contribution in [2.24, 2.45) is 0 Å². The predicted octanol–water partition coefficient (Wildman–Crippen LogP) is 2.27. The minimum atomic E-state index is 0.189. The van der Waals surface area contributed by atoms with Gasteiger partial charge in [-0.15, -0.1) is 0 Å². The molecule has 0 saturated carbocycles. The molecule has 104 valence electrons. The van der Waals surface area contributed by atoms with E-state index in [1.165, 1.54) is 0 Å². The number of nitrogens with zero attached hydrogens (tertiary/aromatic N) is 2. The lowest BCUT2D eigenvalue weighted by molar-refractivity contribution is -0.131. The van der Waals surface area contributed by atoms with Gasteiger partial charge < -0.3 is 9.47 Å². The quantitative estimate of drug-likeness (QED) is 0.817. The number of rotatable bonds is 5. The van der Waals surface area contributed by atoms with Crippen molar-refractivity contribution in [2.45, 2.75) is 46.1 Å². The standard InChI is InChI=1S/C15H22N2O2/c1-3-16(4-2)15(19)9-11-17-10-8-12-13(17)6-5-7-14(12)18/h8,10H,3-7,9,11H2,1-2H3. The van der Waals surface area contributed by atoms with Crippen molar-refractivity contribution in [1.29, 1.82) is 0 Å². The molecule has 1 aliphatic carbocycles. The second-order valence-corrected chi connectivity index (χ2v) is 4.96. The van der Waals surface area contributed by atoms with Crippen LogP contribution in [0.3, 0.4) is 0 Å². The average molecular weight is 262 g/mol. The van der Waals surface area contributed by atoms with E-state index in [1.54, 1.807) is 0 Å². The molecule has 1 aromatic rings. The molecule has 1 aromatic heterocycles. The Bertz CT molecular complexity index is 472. The van der Waals surface area contributed by atoms with Crippen LogP contribution >= 0.6 is 0 Å². The molecule has 1 heterocycles. The van der Waals surface area contributed by atoms with Crippen LogP contribution in [0.2, 0.25) is 0 Å². The maximum atomic E-state index is 12.0. The number of amides is 1. The van der Waals surface area contributed by atoms with Crippen molar-refractivity contribution in [2.75, 3.05) is 13.1 Å². The van der Waals surface area contributed by atoms with Crippen LogP contribution in [0.5, 0.6) is 0 Å². The Morgan fingerprint density at radius 3 is 2.74 bits per heavy atom. The molecule has 0 spiro atoms. The number of ketones is 1. The van der Waals surface area contributed by atoms with Crippen LogP contribution in [0.4, 0.5) is 0 Å². The third-order valence-electron chi connectivity index (χ3n) is 3.88. The van der Waals surface area contributed by atoms with Gasteiger partial charge in [0.15, 0.2) is 5.78 Å². The highest BCUT2D eigenvalue weighted by Gasteiger charge is 2.20. The maximum absolute atomic E-state index is 12.0. The van der Waals surface area contributed by atoms with Gasteiger partial charge in [-0.25, -0.2) is 0 Å². The zero-order chi connectivity index (χ0) is 13.8. The topological polar surface area (TPSA) is 42.3 Å². The minimum Gasteiger partial charge on any atom is -0.350 e. The van der Waals surface area contributed by atoms with E-state index in [0.717, 1.165) is 37.2 Å². The molecule has 2 rings (SSSR count). The van der Waals surface area contributed by atoms with Gasteiger partial charge in [0, 0.05) is 49.9 Å². The van der Waals surface area contributed by atoms with Gasteiger partial charge in [-0.05, 0) is 32.8 Å². The van der Waals surface area contributed by atoms with Gasteiger partial charge in [0.1, 0.15) is 0 Å². The first-order valence-corrected chi connectivity index (χ1v) is 7.16. The van der Waals surface area contributed by atoms with Gasteiger partial charge in [-0.3, -0.25) is 9.59 Å². The number of carbonyl (C=O) groups excluding carboxylic acids is 2. The average Bonchev–Trinajstić information content (AvgIpc) is 2.82. The van der Waals surface area contributed by atoms with Crippen molar-refractivity contribution in [1.82, 2.24) is 9.47 Å². The lowest BCUT2D eigenvalue weighted by atomic mass is 9.97. The largest absolute Gasteiger partial charge is 0.350 e. The maximum Gasteiger partial charge on any atom is 0.224 e. The molecular formula is C15H22N2O2. The Labute approximate surface area is 114 Å². The summed E-state index contributed by atoms with van der Waals surface area (Å²) in [5, 5.41) is 0. The summed E-state index contributed by atoms with van der Waals surface area (Å²) in [4.78, 5) is 25.6. The molecule has 0 atom stereocenters. The first-order valence-electron chi connectivity index (χ1n) is 7.16. The highest BCUT2D eigenvalue weighted by Crippen LogP contribution is 2.22. The molecule has 0 radical (unpaired) electrons. The van der Waals surface area contributed by atoms with Gasteiger partial charge in [0.25, 0.3) is 0 Å². The second kappa shape index (κ2) is 6.04. The van der Waals surface area contributed by atoms with Gasteiger partial charge in [0.2, 0.25) is 5.91 Å². The summed E-state index contributed by atoms with van der Waals surface area (Å²) < 4.78 is 2.08. The number of aromatic nitrogens is 1. The van der Waals surface area contributed by atoms with Gasteiger partial charge >= 0.3 is 0 Å². The lowest BCUT2D eigenvalue weighted by Crippen LogP contribution is -2.31. The van der Waals surface area contributed by atoms with E-state index in [-0.39, 0.29) is 11.7 Å². The molecule has 0 aromatic carbocycles. The molecule has 4 heteroatoms. The molecule has 4 nitrogen and oxygen atoms in total. The molecule has 1 amide bonds. The van der Waals surface area contributed by atoms with E-state index in [4.69, 9.17) is 0 Å². The molecule has 0 aliphatic heterocycles. The van der Waals surface area contributed by atoms with E-state index in [9.17, 15) is 9.59 Å². The van der Waals surface area contributed by atoms with Crippen molar-refractivity contribution in [3.63, 3.8) is 0 Å². The SMILES string of the molecule is CCN(CC)C(=O)CCn1ccc2c1CCCC2=O. The zero-order valence-corrected chi connectivity index (χ0v) is 11.8. The number of hydrogen-bond acceptors (Lipinski definition) is 2. The highest BCUT2D eigenvalue weighted by atomic mass is 16.2. The van der Waals surface area contributed by atoms with E-state index in [1.807, 2.05) is 31.0 Å². The fourth-order valence-electron chi connectivity index (χ4n) is 2.75. The Morgan fingerprint density at radius 2 is 2.05 bits per heavy atom. The Balaban J connectivity index is 2.01. The van der Waals surface area contributed by atoms with E-state index >= 15 is 0 Å². The number of hydrogen-bond donors (Lipinski definition) is 0. The van der Waals surface area contributed by atoms with Crippen LogP contribution in [0.15, 0.2) is 12.3 Å². The van der Waals surface area contributed by atoms with E-state index in [2.05, 4.69) is 4.57 Å². The molecule has 1 aliphatic rings. The van der Waals surface area contributed by atoms with Crippen LogP contribution in [0, 0.1) is 0 Å². The lowest BCUT2D eigenvalue weighted by Gasteiger charge is -2.20. The number of Topliss-reactive ketones (excluding diaryl/α,β-unsaturated/α-hetero) is 1. The predicted molar refractivity (Wildman–Crippen MR) is 74.2 cm³/mol. The normalized spacial score (nSPS) is 14.3. The number of carbonyl (C=O) groups is 2. The summed E-state index contributed by atoms with van der Waals surface area (Å²) in [5.41, 5.74) is 1.98. The van der Waals surface area contributed by atoms with E-state index < -0.39 is 0 Å². The van der Waals surface area contributed by atoms with Gasteiger partial charge in [-0.2, -0.15) is 0 Å². The minimum absolute atomic E-state index is 0.189. The Hall–Kier alpha value is -1.58. The van der Waals surface area contributed by atoms with Crippen molar-refractivity contribution >= 4 is 11.7 Å². The van der Waals surface area contributed by atoms with Crippen molar-refractivity contribution in [3.05, 3.63) is 23.5 Å². The van der Waals surface area contributed by atoms with Crippen LogP contribution in [-0.2, 0) is 17.8 Å². The van der Waals surface area contributed by atoms with E-state index in [0.29, 0.717) is 19.4 Å². The molecule has 0 bridgehead atoms. The zero-order valence-electron chi connectivity index (χ0n) is 11.8. The fraction of sp³-hybridized carbons (Fsp3) is 0.600. The highest BCUT2D eigenvalue weighted by molar-refractivity contribution is 5.98. The summed E-state index contributed by atoms with van der Waals surface area (Å²) in [6, 6.07) is 1.90. The van der Waals surface area contributed by atoms with Crippen LogP contribution in [0.25, 0.3) is 0 Å². The molecule has 19 heavy (non-hydrogen) atoms. The van der Waals surface area contributed by atoms with Crippen LogP contribution in [0.1, 0.15) is 49.2 Å². The second-order valence-electron chi connectivity index (χ2n) is 4.96. The first kappa shape index (κ1) is 13.8. The molecular weight excluding hydrogens is 240 g/mol. The van der Waals surface area contributed by atoms with Crippen LogP contribution < -0.4 is 0 Å². The number of fused-ring (bicyclic) bond motifs is 1. The number of aryl methyl sites for hydroxylation is 1. The smallest absolute Gasteiger partial charge is 0.224 e. The van der Waals surface area contributed by atoms with Crippen molar-refractivity contribution < 1.29 is 9.59 Å². The first-order chi connectivity index (χ1) is 9.17. The third-order valence-corrected chi connectivity index (χ3v) is 3.88. The monoisotopic (exact) mass is 262 g/mol. The summed E-state index contributed by atoms with van der Waals surface area (Å²) in [7, 11) is 0. The fourth-order valence-corrected chi connectivity index (χ4v) is 2.75. The summed E-state index contributed by atoms with van der Waals surface area (Å²) in [5.74, 6) is 0.435. The van der Waals surface area contributed by atoms with Crippen molar-refractivity contribution in [3.8, 4) is 0 Å². The summed E-state index contributed by atoms with van der Waals surface area (Å²) in [6.45, 7) is 6.20. The Kier molecular flexibility index (Phi) is 4.40. The summed E-state index contributed by atoms with van der Waals surface area (Å²) >= 11 is 0. The van der Waals surface area contributed by atoms with Crippen LogP contribution in [-0.4, -0.2) is 34.2 Å². The Morgan fingerprint density at radius 1 is 1.32 bits per heavy atom. The molecule has 0 N–H and O–H groups in total. The van der Waals surface area contributed by atoms with Gasteiger partial charge in [0.05, 0.1) is 0 Å². The molecule has 0 fully saturated rings. The molecule has 0 saturated heterocycles. The third kappa shape index (κ3) is 2.88.